The van der Waals surface area contributed by atoms with Crippen LogP contribution in [0.15, 0.2) is 23.6 Å². The van der Waals surface area contributed by atoms with Crippen molar-refractivity contribution < 1.29 is 18.8 Å². The number of carbonyl (C=O) groups excluding carboxylic acids is 3. The summed E-state index contributed by atoms with van der Waals surface area (Å²) in [5.41, 5.74) is 2.85. The van der Waals surface area contributed by atoms with Crippen molar-refractivity contribution in [2.45, 2.75) is 50.7 Å². The van der Waals surface area contributed by atoms with E-state index >= 15 is 4.39 Å². The van der Waals surface area contributed by atoms with Gasteiger partial charge in [0.15, 0.2) is 0 Å². The van der Waals surface area contributed by atoms with Crippen molar-refractivity contribution >= 4 is 40.7 Å². The summed E-state index contributed by atoms with van der Waals surface area (Å²) >= 11 is 7.75. The number of carbonyl (C=O) groups is 3. The van der Waals surface area contributed by atoms with E-state index in [9.17, 15) is 14.4 Å². The number of imide groups is 1. The quantitative estimate of drug-likeness (QED) is 0.685. The van der Waals surface area contributed by atoms with E-state index in [1.807, 2.05) is 17.5 Å². The molecule has 4 heterocycles. The Morgan fingerprint density at radius 3 is 2.62 bits per heavy atom. The smallest absolute Gasteiger partial charge is 0.255 e. The fourth-order valence-electron chi connectivity index (χ4n) is 5.00. The van der Waals surface area contributed by atoms with Crippen molar-refractivity contribution in [2.24, 2.45) is 0 Å². The van der Waals surface area contributed by atoms with E-state index in [0.29, 0.717) is 17.5 Å². The highest BCUT2D eigenvalue weighted by Gasteiger charge is 2.40. The zero-order valence-electron chi connectivity index (χ0n) is 17.4. The van der Waals surface area contributed by atoms with Gasteiger partial charge in [0.05, 0.1) is 4.34 Å². The van der Waals surface area contributed by atoms with E-state index in [0.717, 1.165) is 47.9 Å². The van der Waals surface area contributed by atoms with Crippen molar-refractivity contribution in [1.29, 1.82) is 0 Å². The fraction of sp³-hybridized carbons (Fsp3) is 0.435. The van der Waals surface area contributed by atoms with Crippen LogP contribution in [0, 0.1) is 5.82 Å². The molecule has 3 aliphatic heterocycles. The summed E-state index contributed by atoms with van der Waals surface area (Å²) in [6.07, 6.45) is 2.17. The van der Waals surface area contributed by atoms with Crippen LogP contribution in [-0.2, 0) is 22.7 Å². The van der Waals surface area contributed by atoms with Crippen LogP contribution < -0.4 is 5.32 Å². The number of likely N-dealkylation sites (tertiary alicyclic amines) is 1. The predicted octanol–water partition coefficient (Wildman–Crippen LogP) is 3.68. The molecule has 0 bridgehead atoms. The largest absolute Gasteiger partial charge is 0.322 e. The Balaban J connectivity index is 1.28. The summed E-state index contributed by atoms with van der Waals surface area (Å²) in [4.78, 5) is 40.3. The van der Waals surface area contributed by atoms with Crippen LogP contribution in [-0.4, -0.2) is 46.7 Å². The van der Waals surface area contributed by atoms with E-state index in [-0.39, 0.29) is 36.5 Å². The van der Waals surface area contributed by atoms with Gasteiger partial charge in [-0.2, -0.15) is 0 Å². The number of rotatable bonds is 4. The first-order valence-electron chi connectivity index (χ1n) is 10.8. The van der Waals surface area contributed by atoms with Gasteiger partial charge in [-0.05, 0) is 72.5 Å². The van der Waals surface area contributed by atoms with Gasteiger partial charge in [0.25, 0.3) is 5.91 Å². The molecule has 1 aromatic heterocycles. The molecule has 1 unspecified atom stereocenters. The number of hydrogen-bond donors (Lipinski definition) is 1. The predicted molar refractivity (Wildman–Crippen MR) is 119 cm³/mol. The minimum atomic E-state index is -0.689. The highest BCUT2D eigenvalue weighted by molar-refractivity contribution is 7.14. The highest BCUT2D eigenvalue weighted by atomic mass is 35.5. The first-order valence-corrected chi connectivity index (χ1v) is 12.1. The summed E-state index contributed by atoms with van der Waals surface area (Å²) in [5, 5.41) is 4.28. The molecule has 6 nitrogen and oxygen atoms in total. The lowest BCUT2D eigenvalue weighted by atomic mass is 9.87. The molecule has 0 spiro atoms. The van der Waals surface area contributed by atoms with Crippen LogP contribution in [0.4, 0.5) is 4.39 Å². The summed E-state index contributed by atoms with van der Waals surface area (Å²) in [6, 6.07) is 4.50. The Kier molecular flexibility index (Phi) is 5.77. The molecule has 0 radical (unpaired) electrons. The van der Waals surface area contributed by atoms with E-state index < -0.39 is 11.9 Å². The average Bonchev–Trinajstić information content (AvgIpc) is 3.31. The Bertz CT molecular complexity index is 1100. The lowest BCUT2D eigenvalue weighted by Crippen LogP contribution is -2.52. The van der Waals surface area contributed by atoms with Crippen LogP contribution in [0.2, 0.25) is 4.34 Å². The standard InChI is InChI=1S/C23H23ClFN3O3S/c24-21-14(5-8-32-21)11-27-6-3-13(4-7-27)16-9-15-12-28(23(31)17(15)10-18(16)25)19-1-2-20(29)26-22(19)30/h5,8-10,13,19H,1-4,6-7,11-12H2,(H,26,29,30). The van der Waals surface area contributed by atoms with Crippen molar-refractivity contribution in [2.75, 3.05) is 13.1 Å². The lowest BCUT2D eigenvalue weighted by Gasteiger charge is -2.32. The molecular formula is C23H23ClFN3O3S. The second-order valence-corrected chi connectivity index (χ2v) is 10.2. The van der Waals surface area contributed by atoms with Gasteiger partial charge in [0.1, 0.15) is 11.9 Å². The maximum atomic E-state index is 15.0. The first-order chi connectivity index (χ1) is 15.4. The second kappa shape index (κ2) is 8.57. The first kappa shape index (κ1) is 21.6. The molecule has 32 heavy (non-hydrogen) atoms. The van der Waals surface area contributed by atoms with Gasteiger partial charge in [0, 0.05) is 25.1 Å². The number of hydrogen-bond acceptors (Lipinski definition) is 5. The second-order valence-electron chi connectivity index (χ2n) is 8.70. The molecular weight excluding hydrogens is 453 g/mol. The van der Waals surface area contributed by atoms with E-state index in [2.05, 4.69) is 10.2 Å². The van der Waals surface area contributed by atoms with E-state index in [1.54, 1.807) is 0 Å². The molecule has 1 atom stereocenters. The van der Waals surface area contributed by atoms with Crippen LogP contribution in [0.25, 0.3) is 0 Å². The fourth-order valence-corrected chi connectivity index (χ4v) is 5.91. The van der Waals surface area contributed by atoms with Crippen LogP contribution in [0.5, 0.6) is 0 Å². The number of nitrogens with one attached hydrogen (secondary N) is 1. The van der Waals surface area contributed by atoms with Crippen LogP contribution in [0.3, 0.4) is 0 Å². The topological polar surface area (TPSA) is 69.7 Å². The Hall–Kier alpha value is -2.29. The third kappa shape index (κ3) is 3.95. The van der Waals surface area contributed by atoms with Crippen LogP contribution in [0.1, 0.15) is 58.6 Å². The number of piperidine rings is 2. The minimum Gasteiger partial charge on any atom is -0.322 e. The number of thiophene rings is 1. The van der Waals surface area contributed by atoms with Gasteiger partial charge in [-0.25, -0.2) is 4.39 Å². The normalized spacial score (nSPS) is 22.4. The van der Waals surface area contributed by atoms with E-state index in [4.69, 9.17) is 11.6 Å². The average molecular weight is 476 g/mol. The number of benzene rings is 1. The number of fused-ring (bicyclic) bond motifs is 1. The summed E-state index contributed by atoms with van der Waals surface area (Å²) in [5.74, 6) is -1.39. The summed E-state index contributed by atoms with van der Waals surface area (Å²) < 4.78 is 15.9. The zero-order chi connectivity index (χ0) is 22.4. The minimum absolute atomic E-state index is 0.0919. The molecule has 2 fully saturated rings. The monoisotopic (exact) mass is 475 g/mol. The van der Waals surface area contributed by atoms with E-state index in [1.165, 1.54) is 22.3 Å². The molecule has 0 saturated carbocycles. The molecule has 9 heteroatoms. The van der Waals surface area contributed by atoms with Gasteiger partial charge >= 0.3 is 0 Å². The van der Waals surface area contributed by atoms with Gasteiger partial charge in [-0.3, -0.25) is 24.6 Å². The summed E-state index contributed by atoms with van der Waals surface area (Å²) in [7, 11) is 0. The van der Waals surface area contributed by atoms with Gasteiger partial charge in [-0.1, -0.05) is 17.7 Å². The molecule has 0 aliphatic carbocycles. The molecule has 2 saturated heterocycles. The van der Waals surface area contributed by atoms with Crippen molar-refractivity contribution in [3.8, 4) is 0 Å². The highest BCUT2D eigenvalue weighted by Crippen LogP contribution is 2.36. The molecule has 168 valence electrons. The lowest BCUT2D eigenvalue weighted by molar-refractivity contribution is -0.136. The molecule has 5 rings (SSSR count). The van der Waals surface area contributed by atoms with Crippen molar-refractivity contribution in [3.63, 3.8) is 0 Å². The van der Waals surface area contributed by atoms with Gasteiger partial charge in [0.2, 0.25) is 11.8 Å². The molecule has 1 N–H and O–H groups in total. The third-order valence-electron chi connectivity index (χ3n) is 6.76. The number of amides is 3. The number of halogens is 2. The third-order valence-corrected chi connectivity index (χ3v) is 8.01. The van der Waals surface area contributed by atoms with Crippen molar-refractivity contribution in [1.82, 2.24) is 15.1 Å². The number of nitrogens with zero attached hydrogens (tertiary/aromatic N) is 2. The molecule has 1 aromatic carbocycles. The Morgan fingerprint density at radius 2 is 1.94 bits per heavy atom. The molecule has 3 amide bonds. The molecule has 3 aliphatic rings. The van der Waals surface area contributed by atoms with Gasteiger partial charge < -0.3 is 4.90 Å². The van der Waals surface area contributed by atoms with Crippen molar-refractivity contribution in [3.05, 3.63) is 56.0 Å². The Labute approximate surface area is 194 Å². The van der Waals surface area contributed by atoms with Gasteiger partial charge in [-0.15, -0.1) is 11.3 Å². The Morgan fingerprint density at radius 1 is 1.16 bits per heavy atom. The maximum Gasteiger partial charge on any atom is 0.255 e. The zero-order valence-corrected chi connectivity index (χ0v) is 19.0. The summed E-state index contributed by atoms with van der Waals surface area (Å²) in [6.45, 7) is 2.78. The van der Waals surface area contributed by atoms with Crippen LogP contribution >= 0.6 is 22.9 Å². The SMILES string of the molecule is O=C1CCC(N2Cc3cc(C4CCN(Cc5ccsc5Cl)CC4)c(F)cc3C2=O)C(=O)N1. The molecule has 2 aromatic rings. The maximum absolute atomic E-state index is 15.0.